The van der Waals surface area contributed by atoms with Crippen molar-refractivity contribution in [3.63, 3.8) is 0 Å². The summed E-state index contributed by atoms with van der Waals surface area (Å²) in [7, 11) is 3.62. The second-order valence-electron chi connectivity index (χ2n) is 7.32. The highest BCUT2D eigenvalue weighted by atomic mass is 16.5. The summed E-state index contributed by atoms with van der Waals surface area (Å²) < 4.78 is 5.93. The van der Waals surface area contributed by atoms with Crippen LogP contribution in [0.15, 0.2) is 70.4 Å². The van der Waals surface area contributed by atoms with Gasteiger partial charge in [0.05, 0.1) is 6.61 Å². The number of ether oxygens (including phenoxy) is 1. The molecule has 3 unspecified atom stereocenters. The van der Waals surface area contributed by atoms with E-state index in [0.717, 1.165) is 5.69 Å². The van der Waals surface area contributed by atoms with Crippen molar-refractivity contribution in [1.82, 2.24) is 4.90 Å². The zero-order chi connectivity index (χ0) is 19.5. The van der Waals surface area contributed by atoms with Gasteiger partial charge in [0.25, 0.3) is 5.91 Å². The van der Waals surface area contributed by atoms with E-state index in [1.54, 1.807) is 4.90 Å². The summed E-state index contributed by atoms with van der Waals surface area (Å²) in [6.07, 6.45) is 1.86. The Bertz CT molecular complexity index is 908. The maximum absolute atomic E-state index is 12.6. The van der Waals surface area contributed by atoms with Gasteiger partial charge in [-0.15, -0.1) is 0 Å². The SMILES string of the molecule is CN(C)C(N=NC1CC2=Cc3ccccc3C2CO1)C(=O)Nc1ccccc1. The van der Waals surface area contributed by atoms with Crippen molar-refractivity contribution in [3.05, 3.63) is 71.3 Å². The third-order valence-corrected chi connectivity index (χ3v) is 5.10. The van der Waals surface area contributed by atoms with Gasteiger partial charge in [0.1, 0.15) is 0 Å². The maximum Gasteiger partial charge on any atom is 0.266 e. The average molecular weight is 376 g/mol. The molecule has 0 bridgehead atoms. The molecule has 0 radical (unpaired) electrons. The van der Waals surface area contributed by atoms with Gasteiger partial charge in [-0.2, -0.15) is 10.2 Å². The second-order valence-corrected chi connectivity index (χ2v) is 7.32. The summed E-state index contributed by atoms with van der Waals surface area (Å²) in [4.78, 5) is 14.3. The van der Waals surface area contributed by atoms with Gasteiger partial charge >= 0.3 is 0 Å². The Hall–Kier alpha value is -2.83. The summed E-state index contributed by atoms with van der Waals surface area (Å²) in [6.45, 7) is 0.593. The van der Waals surface area contributed by atoms with Gasteiger partial charge in [0.15, 0.2) is 6.23 Å². The van der Waals surface area contributed by atoms with E-state index < -0.39 is 6.17 Å². The predicted octanol–water partition coefficient (Wildman–Crippen LogP) is 3.89. The quantitative estimate of drug-likeness (QED) is 0.805. The van der Waals surface area contributed by atoms with E-state index in [0.29, 0.717) is 18.9 Å². The number of hydrogen-bond acceptors (Lipinski definition) is 5. The Morgan fingerprint density at radius 2 is 1.89 bits per heavy atom. The van der Waals surface area contributed by atoms with E-state index in [-0.39, 0.29) is 12.1 Å². The lowest BCUT2D eigenvalue weighted by Crippen LogP contribution is -2.38. The number of nitrogens with one attached hydrogen (secondary N) is 1. The number of carbonyl (C=O) groups excluding carboxylic acids is 1. The number of carbonyl (C=O) groups is 1. The molecule has 1 aliphatic heterocycles. The molecule has 6 heteroatoms. The first kappa shape index (κ1) is 18.5. The number of rotatable bonds is 5. The summed E-state index contributed by atoms with van der Waals surface area (Å²) in [5.74, 6) is 0.0924. The zero-order valence-corrected chi connectivity index (χ0v) is 16.1. The number of nitrogens with zero attached hydrogens (tertiary/aromatic N) is 3. The van der Waals surface area contributed by atoms with E-state index in [9.17, 15) is 4.79 Å². The number of azo groups is 1. The summed E-state index contributed by atoms with van der Waals surface area (Å²) in [5, 5.41) is 11.5. The van der Waals surface area contributed by atoms with Crippen LogP contribution in [0, 0.1) is 0 Å². The molecule has 0 aromatic heterocycles. The number of para-hydroxylation sites is 1. The zero-order valence-electron chi connectivity index (χ0n) is 16.1. The number of hydrogen-bond donors (Lipinski definition) is 1. The molecule has 0 saturated carbocycles. The fourth-order valence-electron chi connectivity index (χ4n) is 3.66. The van der Waals surface area contributed by atoms with Crippen LogP contribution in [0.25, 0.3) is 6.08 Å². The van der Waals surface area contributed by atoms with Gasteiger partial charge < -0.3 is 10.1 Å². The highest BCUT2D eigenvalue weighted by molar-refractivity contribution is 5.94. The summed E-state index contributed by atoms with van der Waals surface area (Å²) >= 11 is 0. The number of amides is 1. The highest BCUT2D eigenvalue weighted by Crippen LogP contribution is 2.42. The van der Waals surface area contributed by atoms with E-state index in [2.05, 4.69) is 45.9 Å². The average Bonchev–Trinajstić information content (AvgIpc) is 3.06. The Labute approximate surface area is 164 Å². The van der Waals surface area contributed by atoms with Gasteiger partial charge in [0.2, 0.25) is 6.17 Å². The first-order valence-corrected chi connectivity index (χ1v) is 9.45. The van der Waals surface area contributed by atoms with Crippen LogP contribution in [-0.4, -0.2) is 43.9 Å². The molecule has 1 N–H and O–H groups in total. The minimum Gasteiger partial charge on any atom is -0.353 e. The fourth-order valence-corrected chi connectivity index (χ4v) is 3.66. The lowest BCUT2D eigenvalue weighted by Gasteiger charge is -2.27. The molecule has 1 aliphatic carbocycles. The topological polar surface area (TPSA) is 66.3 Å². The number of anilines is 1. The monoisotopic (exact) mass is 376 g/mol. The molecule has 4 rings (SSSR count). The van der Waals surface area contributed by atoms with Crippen LogP contribution in [0.1, 0.15) is 23.5 Å². The Kier molecular flexibility index (Phi) is 5.32. The molecule has 2 aromatic rings. The molecule has 28 heavy (non-hydrogen) atoms. The van der Waals surface area contributed by atoms with Crippen molar-refractivity contribution in [2.24, 2.45) is 10.2 Å². The lowest BCUT2D eigenvalue weighted by molar-refractivity contribution is -0.120. The van der Waals surface area contributed by atoms with Gasteiger partial charge in [-0.1, -0.05) is 54.1 Å². The van der Waals surface area contributed by atoms with E-state index in [4.69, 9.17) is 4.74 Å². The normalized spacial score (nSPS) is 21.9. The van der Waals surface area contributed by atoms with E-state index >= 15 is 0 Å². The summed E-state index contributed by atoms with van der Waals surface area (Å²) in [6, 6.07) is 17.8. The van der Waals surface area contributed by atoms with Crippen LogP contribution >= 0.6 is 0 Å². The smallest absolute Gasteiger partial charge is 0.266 e. The molecule has 2 aliphatic rings. The van der Waals surface area contributed by atoms with Crippen molar-refractivity contribution < 1.29 is 9.53 Å². The van der Waals surface area contributed by atoms with Crippen LogP contribution < -0.4 is 5.32 Å². The van der Waals surface area contributed by atoms with E-state index in [1.165, 1.54) is 16.7 Å². The molecular formula is C22H24N4O2. The lowest BCUT2D eigenvalue weighted by atomic mass is 9.92. The highest BCUT2D eigenvalue weighted by Gasteiger charge is 2.32. The number of benzene rings is 2. The molecule has 144 valence electrons. The second kappa shape index (κ2) is 8.04. The molecule has 3 atom stereocenters. The van der Waals surface area contributed by atoms with Crippen molar-refractivity contribution in [3.8, 4) is 0 Å². The van der Waals surface area contributed by atoms with Crippen molar-refractivity contribution in [2.75, 3.05) is 26.0 Å². The van der Waals surface area contributed by atoms with Crippen LogP contribution in [0.4, 0.5) is 5.69 Å². The minimum absolute atomic E-state index is 0.221. The van der Waals surface area contributed by atoms with Gasteiger partial charge in [-0.3, -0.25) is 9.69 Å². The molecule has 1 heterocycles. The molecular weight excluding hydrogens is 352 g/mol. The van der Waals surface area contributed by atoms with Crippen molar-refractivity contribution in [2.45, 2.75) is 24.7 Å². The van der Waals surface area contributed by atoms with Gasteiger partial charge in [0, 0.05) is 18.0 Å². The third kappa shape index (κ3) is 3.88. The first-order valence-electron chi connectivity index (χ1n) is 9.45. The third-order valence-electron chi connectivity index (χ3n) is 5.10. The van der Waals surface area contributed by atoms with Crippen molar-refractivity contribution in [1.29, 1.82) is 0 Å². The Morgan fingerprint density at radius 1 is 1.14 bits per heavy atom. The molecule has 2 aromatic carbocycles. The van der Waals surface area contributed by atoms with Crippen LogP contribution in [-0.2, 0) is 9.53 Å². The Balaban J connectivity index is 1.42. The van der Waals surface area contributed by atoms with Crippen LogP contribution in [0.2, 0.25) is 0 Å². The van der Waals surface area contributed by atoms with Gasteiger partial charge in [-0.25, -0.2) is 0 Å². The Morgan fingerprint density at radius 3 is 2.68 bits per heavy atom. The van der Waals surface area contributed by atoms with Crippen LogP contribution in [0.5, 0.6) is 0 Å². The molecule has 6 nitrogen and oxygen atoms in total. The van der Waals surface area contributed by atoms with Gasteiger partial charge in [-0.05, 0) is 37.4 Å². The molecule has 0 spiro atoms. The minimum atomic E-state index is -0.712. The first-order chi connectivity index (χ1) is 13.6. The van der Waals surface area contributed by atoms with E-state index in [1.807, 2.05) is 44.4 Å². The summed E-state index contributed by atoms with van der Waals surface area (Å²) in [5.41, 5.74) is 4.64. The predicted molar refractivity (Wildman–Crippen MR) is 109 cm³/mol. The van der Waals surface area contributed by atoms with Crippen molar-refractivity contribution >= 4 is 17.7 Å². The molecule has 1 amide bonds. The number of fused-ring (bicyclic) bond motifs is 3. The molecule has 1 fully saturated rings. The number of likely N-dealkylation sites (N-methyl/N-ethyl adjacent to an activating group) is 1. The molecule has 1 saturated heterocycles. The van der Waals surface area contributed by atoms with Crippen LogP contribution in [0.3, 0.4) is 0 Å². The largest absolute Gasteiger partial charge is 0.353 e. The fraction of sp³-hybridized carbons (Fsp3) is 0.318. The maximum atomic E-state index is 12.6. The standard InChI is InChI=1S/C22H24N4O2/c1-26(2)21(22(27)23-17-9-4-3-5-10-17)25-24-20-13-16-12-15-8-6-7-11-18(15)19(16)14-28-20/h3-12,19-21H,13-14H2,1-2H3,(H,23,27).